The summed E-state index contributed by atoms with van der Waals surface area (Å²) in [5.41, 5.74) is 7.50. The van der Waals surface area contributed by atoms with Crippen molar-refractivity contribution in [1.29, 1.82) is 0 Å². The van der Waals surface area contributed by atoms with Gasteiger partial charge >= 0.3 is 0 Å². The molecule has 0 saturated carbocycles. The third-order valence-electron chi connectivity index (χ3n) is 6.58. The molecule has 0 unspecified atom stereocenters. The normalized spacial score (nSPS) is 11.1. The van der Waals surface area contributed by atoms with Gasteiger partial charge in [-0.05, 0) is 41.5 Å². The number of aromatic nitrogens is 4. The van der Waals surface area contributed by atoms with Gasteiger partial charge in [0.05, 0.1) is 0 Å². The van der Waals surface area contributed by atoms with Crippen molar-refractivity contribution in [1.82, 2.24) is 19.9 Å². The molecular weight excluding hydrogens is 480 g/mol. The van der Waals surface area contributed by atoms with Crippen LogP contribution in [0.4, 0.5) is 0 Å². The maximum absolute atomic E-state index is 5.95. The molecule has 5 heteroatoms. The maximum Gasteiger partial charge on any atom is 0.227 e. The molecule has 184 valence electrons. The Hall–Kier alpha value is -5.42. The van der Waals surface area contributed by atoms with Crippen LogP contribution in [0.5, 0.6) is 0 Å². The van der Waals surface area contributed by atoms with Gasteiger partial charge < -0.3 is 4.42 Å². The van der Waals surface area contributed by atoms with E-state index in [1.54, 1.807) is 0 Å². The second-order valence-corrected chi connectivity index (χ2v) is 9.18. The smallest absolute Gasteiger partial charge is 0.227 e. The first-order chi connectivity index (χ1) is 19.3. The van der Waals surface area contributed by atoms with E-state index in [1.165, 1.54) is 0 Å². The largest absolute Gasteiger partial charge is 0.436 e. The zero-order chi connectivity index (χ0) is 26.0. The zero-order valence-electron chi connectivity index (χ0n) is 20.9. The molecule has 2 heterocycles. The second-order valence-electron chi connectivity index (χ2n) is 9.18. The number of oxazole rings is 1. The molecule has 0 atom stereocenters. The van der Waals surface area contributed by atoms with Crippen molar-refractivity contribution >= 4 is 11.1 Å². The van der Waals surface area contributed by atoms with Crippen LogP contribution in [0, 0.1) is 0 Å². The lowest BCUT2D eigenvalue weighted by molar-refractivity contribution is 0.620. The molecule has 0 radical (unpaired) electrons. The standard InChI is InChI=1S/C34H22N4O/c1-3-10-23(11-4-1)27-14-9-15-28(22-27)33-37-31(24-12-5-2-6-13-24)36-32(38-33)25-18-20-26(21-19-25)34-35-29-16-7-8-17-30(29)39-34/h1-22H. The van der Waals surface area contributed by atoms with Gasteiger partial charge in [-0.2, -0.15) is 0 Å². The zero-order valence-corrected chi connectivity index (χ0v) is 20.9. The molecule has 0 aliphatic heterocycles. The van der Waals surface area contributed by atoms with Gasteiger partial charge in [0.2, 0.25) is 5.89 Å². The molecule has 2 aromatic heterocycles. The molecule has 0 aliphatic rings. The number of hydrogen-bond donors (Lipinski definition) is 0. The van der Waals surface area contributed by atoms with Crippen molar-refractivity contribution in [2.45, 2.75) is 0 Å². The van der Waals surface area contributed by atoms with Crippen LogP contribution in [0.3, 0.4) is 0 Å². The summed E-state index contributed by atoms with van der Waals surface area (Å²) in [7, 11) is 0. The lowest BCUT2D eigenvalue weighted by atomic mass is 10.0. The summed E-state index contributed by atoms with van der Waals surface area (Å²) in [6.07, 6.45) is 0. The number of rotatable bonds is 5. The van der Waals surface area contributed by atoms with E-state index in [9.17, 15) is 0 Å². The van der Waals surface area contributed by atoms with E-state index in [2.05, 4.69) is 29.2 Å². The molecule has 0 fully saturated rings. The van der Waals surface area contributed by atoms with Gasteiger partial charge in [-0.3, -0.25) is 0 Å². The van der Waals surface area contributed by atoms with Gasteiger partial charge in [0.15, 0.2) is 23.1 Å². The summed E-state index contributed by atoms with van der Waals surface area (Å²) in [6.45, 7) is 0. The SMILES string of the molecule is c1ccc(-c2cccc(-c3nc(-c4ccccc4)nc(-c4ccc(-c5nc6ccccc6o5)cc4)n3)c2)cc1. The molecule has 0 amide bonds. The van der Waals surface area contributed by atoms with Crippen LogP contribution in [0.25, 0.3) is 67.8 Å². The van der Waals surface area contributed by atoms with E-state index in [0.717, 1.165) is 44.5 Å². The van der Waals surface area contributed by atoms with E-state index in [4.69, 9.17) is 19.4 Å². The quantitative estimate of drug-likeness (QED) is 0.237. The predicted octanol–water partition coefficient (Wildman–Crippen LogP) is 8.35. The Balaban J connectivity index is 1.31. The van der Waals surface area contributed by atoms with Crippen LogP contribution in [0.2, 0.25) is 0 Å². The van der Waals surface area contributed by atoms with Crippen molar-refractivity contribution < 1.29 is 4.42 Å². The Kier molecular flexibility index (Phi) is 5.72. The molecule has 0 saturated heterocycles. The summed E-state index contributed by atoms with van der Waals surface area (Å²) in [5.74, 6) is 2.44. The van der Waals surface area contributed by atoms with Crippen molar-refractivity contribution in [3.63, 3.8) is 0 Å². The van der Waals surface area contributed by atoms with Crippen LogP contribution in [0.15, 0.2) is 138 Å². The van der Waals surface area contributed by atoms with Crippen LogP contribution in [0.1, 0.15) is 0 Å². The summed E-state index contributed by atoms with van der Waals surface area (Å²) in [6, 6.07) is 44.3. The Bertz CT molecular complexity index is 1860. The number of benzene rings is 5. The molecule has 0 spiro atoms. The molecule has 39 heavy (non-hydrogen) atoms. The second kappa shape index (κ2) is 9.80. The third kappa shape index (κ3) is 4.58. The fourth-order valence-corrected chi connectivity index (χ4v) is 4.58. The number of hydrogen-bond acceptors (Lipinski definition) is 5. The number of para-hydroxylation sites is 2. The summed E-state index contributed by atoms with van der Waals surface area (Å²) in [5, 5.41) is 0. The van der Waals surface area contributed by atoms with Crippen molar-refractivity contribution in [3.8, 4) is 56.7 Å². The first-order valence-corrected chi connectivity index (χ1v) is 12.7. The Morgan fingerprint density at radius 3 is 1.56 bits per heavy atom. The molecule has 7 aromatic rings. The minimum atomic E-state index is 0.585. The van der Waals surface area contributed by atoms with E-state index >= 15 is 0 Å². The monoisotopic (exact) mass is 502 g/mol. The molecule has 7 rings (SSSR count). The molecule has 0 aliphatic carbocycles. The van der Waals surface area contributed by atoms with Gasteiger partial charge in [0.25, 0.3) is 0 Å². The van der Waals surface area contributed by atoms with Gasteiger partial charge in [-0.15, -0.1) is 0 Å². The predicted molar refractivity (Wildman–Crippen MR) is 155 cm³/mol. The number of nitrogens with zero attached hydrogens (tertiary/aromatic N) is 4. The molecule has 5 aromatic carbocycles. The highest BCUT2D eigenvalue weighted by atomic mass is 16.3. The average Bonchev–Trinajstić information content (AvgIpc) is 3.46. The van der Waals surface area contributed by atoms with Crippen LogP contribution in [-0.4, -0.2) is 19.9 Å². The minimum absolute atomic E-state index is 0.585. The topological polar surface area (TPSA) is 64.7 Å². The molecule has 0 N–H and O–H groups in total. The first-order valence-electron chi connectivity index (χ1n) is 12.7. The van der Waals surface area contributed by atoms with E-state index in [-0.39, 0.29) is 0 Å². The fraction of sp³-hybridized carbons (Fsp3) is 0. The maximum atomic E-state index is 5.95. The van der Waals surface area contributed by atoms with E-state index < -0.39 is 0 Å². The van der Waals surface area contributed by atoms with E-state index in [0.29, 0.717) is 23.4 Å². The summed E-state index contributed by atoms with van der Waals surface area (Å²) < 4.78 is 5.95. The fourth-order valence-electron chi connectivity index (χ4n) is 4.58. The third-order valence-corrected chi connectivity index (χ3v) is 6.58. The highest BCUT2D eigenvalue weighted by molar-refractivity contribution is 5.77. The van der Waals surface area contributed by atoms with Gasteiger partial charge in [0, 0.05) is 22.3 Å². The molecule has 0 bridgehead atoms. The van der Waals surface area contributed by atoms with Gasteiger partial charge in [0.1, 0.15) is 5.52 Å². The highest BCUT2D eigenvalue weighted by Gasteiger charge is 2.14. The lowest BCUT2D eigenvalue weighted by Gasteiger charge is -2.10. The summed E-state index contributed by atoms with van der Waals surface area (Å²) >= 11 is 0. The summed E-state index contributed by atoms with van der Waals surface area (Å²) in [4.78, 5) is 19.3. The Morgan fingerprint density at radius 1 is 0.359 bits per heavy atom. The average molecular weight is 503 g/mol. The minimum Gasteiger partial charge on any atom is -0.436 e. The highest BCUT2D eigenvalue weighted by Crippen LogP contribution is 2.30. The van der Waals surface area contributed by atoms with E-state index in [1.807, 2.05) is 109 Å². The van der Waals surface area contributed by atoms with Crippen LogP contribution in [-0.2, 0) is 0 Å². The van der Waals surface area contributed by atoms with Crippen molar-refractivity contribution in [2.24, 2.45) is 0 Å². The van der Waals surface area contributed by atoms with Crippen LogP contribution >= 0.6 is 0 Å². The molecule has 5 nitrogen and oxygen atoms in total. The van der Waals surface area contributed by atoms with Gasteiger partial charge in [-0.25, -0.2) is 19.9 Å². The number of fused-ring (bicyclic) bond motifs is 1. The first kappa shape index (κ1) is 22.8. The van der Waals surface area contributed by atoms with Crippen molar-refractivity contribution in [2.75, 3.05) is 0 Å². The molecular formula is C34H22N4O. The van der Waals surface area contributed by atoms with Crippen LogP contribution < -0.4 is 0 Å². The van der Waals surface area contributed by atoms with Crippen molar-refractivity contribution in [3.05, 3.63) is 133 Å². The van der Waals surface area contributed by atoms with Gasteiger partial charge in [-0.1, -0.05) is 103 Å². The lowest BCUT2D eigenvalue weighted by Crippen LogP contribution is -2.00. The Labute approximate surface area is 225 Å². The Morgan fingerprint density at radius 2 is 0.872 bits per heavy atom.